The van der Waals surface area contributed by atoms with Gasteiger partial charge in [-0.1, -0.05) is 30.3 Å². The molecule has 0 fully saturated rings. The van der Waals surface area contributed by atoms with Crippen molar-refractivity contribution in [2.24, 2.45) is 0 Å². The van der Waals surface area contributed by atoms with Crippen molar-refractivity contribution in [2.75, 3.05) is 5.32 Å². The number of carbonyl (C=O) groups excluding carboxylic acids is 1. The maximum absolute atomic E-state index is 12.0. The van der Waals surface area contributed by atoms with Crippen molar-refractivity contribution in [3.05, 3.63) is 52.5 Å². The van der Waals surface area contributed by atoms with E-state index in [4.69, 9.17) is 4.52 Å². The standard InChI is InChI=1S/C19H20N4O2S/c1-3-13(2)20-19(24)21-15-7-4-6-14(12-15)18-22-17(25-23-18)10-9-16-8-5-11-26-16/h4-13H,3H2,1-2H3,(H2,20,21,24)/b10-9+. The number of aromatic nitrogens is 2. The lowest BCUT2D eigenvalue weighted by Gasteiger charge is -2.12. The Labute approximate surface area is 155 Å². The summed E-state index contributed by atoms with van der Waals surface area (Å²) in [5.74, 6) is 0.906. The first kappa shape index (κ1) is 17.9. The number of carbonyl (C=O) groups is 1. The molecule has 0 aliphatic carbocycles. The van der Waals surface area contributed by atoms with Crippen LogP contribution in [0.15, 0.2) is 46.3 Å². The second-order valence-corrected chi connectivity index (χ2v) is 6.77. The van der Waals surface area contributed by atoms with Crippen LogP contribution in [0.4, 0.5) is 10.5 Å². The Morgan fingerprint density at radius 3 is 2.96 bits per heavy atom. The van der Waals surface area contributed by atoms with Gasteiger partial charge < -0.3 is 15.2 Å². The summed E-state index contributed by atoms with van der Waals surface area (Å²) >= 11 is 1.64. The zero-order valence-corrected chi connectivity index (χ0v) is 15.4. The van der Waals surface area contributed by atoms with Crippen molar-refractivity contribution in [1.82, 2.24) is 15.5 Å². The number of hydrogen-bond donors (Lipinski definition) is 2. The molecular weight excluding hydrogens is 348 g/mol. The van der Waals surface area contributed by atoms with E-state index in [1.165, 1.54) is 0 Å². The number of urea groups is 1. The van der Waals surface area contributed by atoms with E-state index < -0.39 is 0 Å². The molecule has 134 valence electrons. The number of nitrogens with zero attached hydrogens (tertiary/aromatic N) is 2. The lowest BCUT2D eigenvalue weighted by atomic mass is 10.2. The van der Waals surface area contributed by atoms with Crippen LogP contribution in [0.5, 0.6) is 0 Å². The lowest BCUT2D eigenvalue weighted by molar-refractivity contribution is 0.249. The zero-order chi connectivity index (χ0) is 18.4. The molecule has 0 spiro atoms. The van der Waals surface area contributed by atoms with Crippen LogP contribution in [0.3, 0.4) is 0 Å². The molecule has 0 saturated carbocycles. The third kappa shape index (κ3) is 4.80. The maximum Gasteiger partial charge on any atom is 0.319 e. The number of hydrogen-bond acceptors (Lipinski definition) is 5. The molecule has 2 amide bonds. The van der Waals surface area contributed by atoms with Gasteiger partial charge in [0.15, 0.2) is 0 Å². The lowest BCUT2D eigenvalue weighted by Crippen LogP contribution is -2.35. The molecule has 2 aromatic heterocycles. The van der Waals surface area contributed by atoms with Gasteiger partial charge in [0.1, 0.15) is 0 Å². The average molecular weight is 368 g/mol. The minimum Gasteiger partial charge on any atom is -0.335 e. The Bertz CT molecular complexity index is 887. The Hall–Kier alpha value is -2.93. The van der Waals surface area contributed by atoms with Crippen LogP contribution >= 0.6 is 11.3 Å². The molecule has 2 N–H and O–H groups in total. The largest absolute Gasteiger partial charge is 0.335 e. The quantitative estimate of drug-likeness (QED) is 0.649. The van der Waals surface area contributed by atoms with E-state index in [9.17, 15) is 4.79 Å². The molecule has 26 heavy (non-hydrogen) atoms. The number of nitrogens with one attached hydrogen (secondary N) is 2. The first-order valence-electron chi connectivity index (χ1n) is 8.37. The molecule has 2 heterocycles. The summed E-state index contributed by atoms with van der Waals surface area (Å²) in [6.45, 7) is 3.98. The van der Waals surface area contributed by atoms with E-state index in [0.29, 0.717) is 17.4 Å². The fourth-order valence-corrected chi connectivity index (χ4v) is 2.81. The van der Waals surface area contributed by atoms with Gasteiger partial charge in [0.05, 0.1) is 0 Å². The first-order chi connectivity index (χ1) is 12.6. The van der Waals surface area contributed by atoms with Crippen LogP contribution < -0.4 is 10.6 Å². The number of thiophene rings is 1. The third-order valence-electron chi connectivity index (χ3n) is 3.74. The van der Waals surface area contributed by atoms with Gasteiger partial charge in [0, 0.05) is 28.2 Å². The molecule has 0 saturated heterocycles. The van der Waals surface area contributed by atoms with Crippen LogP contribution in [0.25, 0.3) is 23.5 Å². The number of anilines is 1. The van der Waals surface area contributed by atoms with E-state index >= 15 is 0 Å². The predicted octanol–water partition coefficient (Wildman–Crippen LogP) is 4.89. The summed E-state index contributed by atoms with van der Waals surface area (Å²) in [6.07, 6.45) is 4.58. The molecule has 0 radical (unpaired) electrons. The van der Waals surface area contributed by atoms with Gasteiger partial charge >= 0.3 is 6.03 Å². The first-order valence-corrected chi connectivity index (χ1v) is 9.25. The highest BCUT2D eigenvalue weighted by molar-refractivity contribution is 7.10. The van der Waals surface area contributed by atoms with Crippen molar-refractivity contribution < 1.29 is 9.32 Å². The molecule has 0 aliphatic heterocycles. The predicted molar refractivity (Wildman–Crippen MR) is 105 cm³/mol. The second-order valence-electron chi connectivity index (χ2n) is 5.79. The van der Waals surface area contributed by atoms with E-state index in [0.717, 1.165) is 16.9 Å². The number of rotatable bonds is 6. The molecule has 1 aromatic carbocycles. The monoisotopic (exact) mass is 368 g/mol. The van der Waals surface area contributed by atoms with Crippen LogP contribution in [-0.4, -0.2) is 22.2 Å². The highest BCUT2D eigenvalue weighted by Gasteiger charge is 2.09. The Balaban J connectivity index is 1.69. The van der Waals surface area contributed by atoms with Crippen molar-refractivity contribution in [3.8, 4) is 11.4 Å². The molecule has 1 unspecified atom stereocenters. The summed E-state index contributed by atoms with van der Waals surface area (Å²) in [6, 6.07) is 11.2. The van der Waals surface area contributed by atoms with Crippen molar-refractivity contribution in [3.63, 3.8) is 0 Å². The van der Waals surface area contributed by atoms with Crippen LogP contribution in [0.2, 0.25) is 0 Å². The number of benzene rings is 1. The van der Waals surface area contributed by atoms with E-state index in [2.05, 4.69) is 20.8 Å². The van der Waals surface area contributed by atoms with Crippen LogP contribution in [-0.2, 0) is 0 Å². The maximum atomic E-state index is 12.0. The third-order valence-corrected chi connectivity index (χ3v) is 4.58. The minimum absolute atomic E-state index is 0.119. The van der Waals surface area contributed by atoms with Crippen molar-refractivity contribution in [2.45, 2.75) is 26.3 Å². The Kier molecular flexibility index (Phi) is 5.80. The van der Waals surface area contributed by atoms with Crippen LogP contribution in [0.1, 0.15) is 31.0 Å². The van der Waals surface area contributed by atoms with Gasteiger partial charge in [-0.3, -0.25) is 0 Å². The van der Waals surface area contributed by atoms with Gasteiger partial charge in [0.2, 0.25) is 5.82 Å². The molecule has 6 nitrogen and oxygen atoms in total. The van der Waals surface area contributed by atoms with E-state index in [-0.39, 0.29) is 12.1 Å². The average Bonchev–Trinajstić information content (AvgIpc) is 3.31. The normalized spacial score (nSPS) is 12.2. The smallest absolute Gasteiger partial charge is 0.319 e. The SMILES string of the molecule is CCC(C)NC(=O)Nc1cccc(-c2noc(/C=C/c3cccs3)n2)c1. The Morgan fingerprint density at radius 1 is 1.31 bits per heavy atom. The minimum atomic E-state index is -0.232. The van der Waals surface area contributed by atoms with Gasteiger partial charge in [0.25, 0.3) is 5.89 Å². The number of amides is 2. The van der Waals surface area contributed by atoms with Crippen LogP contribution in [0, 0.1) is 0 Å². The van der Waals surface area contributed by atoms with Gasteiger partial charge in [-0.25, -0.2) is 4.79 Å². The summed E-state index contributed by atoms with van der Waals surface area (Å²) in [4.78, 5) is 17.4. The van der Waals surface area contributed by atoms with Gasteiger partial charge in [-0.15, -0.1) is 11.3 Å². The second kappa shape index (κ2) is 8.44. The highest BCUT2D eigenvalue weighted by Crippen LogP contribution is 2.21. The van der Waals surface area contributed by atoms with Gasteiger partial charge in [-0.2, -0.15) is 4.98 Å². The topological polar surface area (TPSA) is 80.0 Å². The molecule has 7 heteroatoms. The molecule has 0 aliphatic rings. The summed E-state index contributed by atoms with van der Waals surface area (Å²) in [5, 5.41) is 11.7. The molecule has 3 rings (SSSR count). The summed E-state index contributed by atoms with van der Waals surface area (Å²) < 4.78 is 5.26. The van der Waals surface area contributed by atoms with E-state index in [1.807, 2.05) is 61.7 Å². The van der Waals surface area contributed by atoms with Crippen molar-refractivity contribution >= 4 is 35.2 Å². The highest BCUT2D eigenvalue weighted by atomic mass is 32.1. The Morgan fingerprint density at radius 2 is 2.19 bits per heavy atom. The molecule has 0 bridgehead atoms. The van der Waals surface area contributed by atoms with Crippen molar-refractivity contribution in [1.29, 1.82) is 0 Å². The fraction of sp³-hybridized carbons (Fsp3) is 0.211. The molecule has 1 atom stereocenters. The molecule has 3 aromatic rings. The van der Waals surface area contributed by atoms with E-state index in [1.54, 1.807) is 17.4 Å². The summed E-state index contributed by atoms with van der Waals surface area (Å²) in [5.41, 5.74) is 1.44. The fourth-order valence-electron chi connectivity index (χ4n) is 2.19. The zero-order valence-electron chi connectivity index (χ0n) is 14.6. The summed E-state index contributed by atoms with van der Waals surface area (Å²) in [7, 11) is 0. The van der Waals surface area contributed by atoms with Gasteiger partial charge in [-0.05, 0) is 43.0 Å². The molecular formula is C19H20N4O2S.